The largest absolute Gasteiger partial charge is 0.508 e. The van der Waals surface area contributed by atoms with Crippen LogP contribution in [0, 0.1) is 6.92 Å². The molecule has 1 fully saturated rings. The second kappa shape index (κ2) is 11.2. The number of amides is 3. The first-order valence-electron chi connectivity index (χ1n) is 11.5. The summed E-state index contributed by atoms with van der Waals surface area (Å²) in [6.07, 6.45) is 1.59. The number of aryl methyl sites for hydroxylation is 1. The highest BCUT2D eigenvalue weighted by Gasteiger charge is 2.36. The molecule has 0 aliphatic carbocycles. The number of rotatable bonds is 8. The van der Waals surface area contributed by atoms with Crippen LogP contribution in [0.3, 0.4) is 0 Å². The van der Waals surface area contributed by atoms with Crippen LogP contribution in [-0.2, 0) is 9.53 Å². The van der Waals surface area contributed by atoms with E-state index in [9.17, 15) is 19.5 Å². The first-order valence-corrected chi connectivity index (χ1v) is 12.7. The maximum absolute atomic E-state index is 14.0. The van der Waals surface area contributed by atoms with Crippen molar-refractivity contribution in [3.8, 4) is 5.75 Å². The minimum atomic E-state index is -1.19. The van der Waals surface area contributed by atoms with E-state index in [0.29, 0.717) is 34.4 Å². The Morgan fingerprint density at radius 1 is 1.27 bits per heavy atom. The number of nitrogens with two attached hydrogens (primary N) is 2. The van der Waals surface area contributed by atoms with Crippen LogP contribution in [0.5, 0.6) is 5.75 Å². The maximum Gasteiger partial charge on any atom is 0.273 e. The number of hydrogen-bond donors (Lipinski definition) is 4. The summed E-state index contributed by atoms with van der Waals surface area (Å²) >= 11 is 7.11. The number of anilines is 2. The van der Waals surface area contributed by atoms with E-state index in [4.69, 9.17) is 27.8 Å². The molecule has 0 saturated carbocycles. The number of phenols is 1. The Hall–Kier alpha value is -3.67. The average molecular weight is 544 g/mol. The number of nitrogens with one attached hydrogen (secondary N) is 1. The molecule has 2 unspecified atom stereocenters. The third-order valence-corrected chi connectivity index (χ3v) is 7.31. The van der Waals surface area contributed by atoms with Crippen molar-refractivity contribution in [2.75, 3.05) is 23.8 Å². The van der Waals surface area contributed by atoms with E-state index >= 15 is 0 Å². The van der Waals surface area contributed by atoms with E-state index in [1.165, 1.54) is 17.0 Å². The molecule has 3 aromatic rings. The Morgan fingerprint density at radius 3 is 2.59 bits per heavy atom. The van der Waals surface area contributed by atoms with Crippen LogP contribution in [0.25, 0.3) is 0 Å². The number of carbonyl (C=O) groups excluding carboxylic acids is 3. The number of nitrogens with zero attached hydrogens (tertiary/aromatic N) is 2. The van der Waals surface area contributed by atoms with Crippen LogP contribution < -0.4 is 21.7 Å². The molecule has 0 bridgehead atoms. The van der Waals surface area contributed by atoms with Gasteiger partial charge in [0.2, 0.25) is 5.91 Å². The minimum absolute atomic E-state index is 0.00341. The van der Waals surface area contributed by atoms with Gasteiger partial charge in [-0.05, 0) is 66.7 Å². The summed E-state index contributed by atoms with van der Waals surface area (Å²) in [5.41, 5.74) is 12.5. The van der Waals surface area contributed by atoms with Crippen LogP contribution in [0.1, 0.15) is 50.2 Å². The molecule has 0 radical (unpaired) electrons. The molecule has 1 aliphatic rings. The molecule has 2 aromatic carbocycles. The Kier molecular flexibility index (Phi) is 7.96. The quantitative estimate of drug-likeness (QED) is 0.339. The number of nitrogen functional groups attached to an aromatic ring is 1. The number of ether oxygens (including phenoxy) is 1. The number of primary amides is 1. The maximum atomic E-state index is 14.0. The number of hydrogen-bond acceptors (Lipinski definition) is 8. The Balaban J connectivity index is 1.82. The number of aromatic nitrogens is 1. The van der Waals surface area contributed by atoms with Crippen LogP contribution in [0.4, 0.5) is 11.4 Å². The Bertz CT molecular complexity index is 1320. The fourth-order valence-electron chi connectivity index (χ4n) is 4.04. The highest BCUT2D eigenvalue weighted by atomic mass is 35.5. The van der Waals surface area contributed by atoms with Crippen molar-refractivity contribution in [3.63, 3.8) is 0 Å². The van der Waals surface area contributed by atoms with Gasteiger partial charge in [0.25, 0.3) is 11.8 Å². The number of aromatic hydroxyl groups is 1. The number of carbonyl (C=O) groups is 3. The topological polar surface area (TPSA) is 161 Å². The van der Waals surface area contributed by atoms with Crippen molar-refractivity contribution >= 4 is 52.2 Å². The summed E-state index contributed by atoms with van der Waals surface area (Å²) in [4.78, 5) is 40.6. The van der Waals surface area contributed by atoms with Gasteiger partial charge in [0.15, 0.2) is 5.69 Å². The zero-order valence-electron chi connectivity index (χ0n) is 19.9. The van der Waals surface area contributed by atoms with Crippen molar-refractivity contribution in [3.05, 3.63) is 69.2 Å². The number of benzene rings is 2. The molecular formula is C25H26ClN5O5S. The molecule has 10 nitrogen and oxygen atoms in total. The highest BCUT2D eigenvalue weighted by Crippen LogP contribution is 2.35. The van der Waals surface area contributed by atoms with Gasteiger partial charge in [0.1, 0.15) is 16.7 Å². The van der Waals surface area contributed by atoms with Crippen molar-refractivity contribution in [1.29, 1.82) is 0 Å². The lowest BCUT2D eigenvalue weighted by molar-refractivity contribution is -0.123. The van der Waals surface area contributed by atoms with E-state index in [1.54, 1.807) is 30.3 Å². The van der Waals surface area contributed by atoms with Crippen molar-refractivity contribution in [2.45, 2.75) is 31.9 Å². The van der Waals surface area contributed by atoms with E-state index in [-0.39, 0.29) is 34.7 Å². The summed E-state index contributed by atoms with van der Waals surface area (Å²) in [7, 11) is 0. The SMILES string of the molecule is Cc1ccc(N(C(=O)c2snc(C(N)=O)c2N)C(C(=O)NCC2CCCO2)c2ccc(O)cc2)cc1Cl. The van der Waals surface area contributed by atoms with Gasteiger partial charge in [-0.1, -0.05) is 29.8 Å². The lowest BCUT2D eigenvalue weighted by Gasteiger charge is -2.32. The molecule has 4 rings (SSSR count). The van der Waals surface area contributed by atoms with E-state index < -0.39 is 23.8 Å². The lowest BCUT2D eigenvalue weighted by Crippen LogP contribution is -2.45. The molecule has 2 heterocycles. The first-order chi connectivity index (χ1) is 17.7. The van der Waals surface area contributed by atoms with Crippen LogP contribution in [-0.4, -0.2) is 46.5 Å². The summed E-state index contributed by atoms with van der Waals surface area (Å²) < 4.78 is 9.56. The highest BCUT2D eigenvalue weighted by molar-refractivity contribution is 7.09. The second-order valence-corrected chi connectivity index (χ2v) is 9.80. The molecular weight excluding hydrogens is 518 g/mol. The summed E-state index contributed by atoms with van der Waals surface area (Å²) in [5.74, 6) is -2.03. The predicted octanol–water partition coefficient (Wildman–Crippen LogP) is 3.17. The van der Waals surface area contributed by atoms with E-state index in [0.717, 1.165) is 18.4 Å². The molecule has 6 N–H and O–H groups in total. The van der Waals surface area contributed by atoms with Crippen LogP contribution >= 0.6 is 23.1 Å². The van der Waals surface area contributed by atoms with Gasteiger partial charge < -0.3 is 26.6 Å². The fraction of sp³-hybridized carbons (Fsp3) is 0.280. The molecule has 2 atom stereocenters. The smallest absolute Gasteiger partial charge is 0.273 e. The molecule has 1 aliphatic heterocycles. The van der Waals surface area contributed by atoms with Gasteiger partial charge in [-0.15, -0.1) is 0 Å². The first kappa shape index (κ1) is 26.4. The molecule has 1 saturated heterocycles. The number of phenolic OH excluding ortho intramolecular Hbond substituents is 1. The average Bonchev–Trinajstić information content (AvgIpc) is 3.53. The Labute approximate surface area is 222 Å². The van der Waals surface area contributed by atoms with E-state index in [2.05, 4.69) is 9.69 Å². The summed E-state index contributed by atoms with van der Waals surface area (Å²) in [6.45, 7) is 2.70. The molecule has 194 valence electrons. The molecule has 12 heteroatoms. The third kappa shape index (κ3) is 5.68. The monoisotopic (exact) mass is 543 g/mol. The van der Waals surface area contributed by atoms with Crippen LogP contribution in [0.2, 0.25) is 5.02 Å². The van der Waals surface area contributed by atoms with Crippen LogP contribution in [0.15, 0.2) is 42.5 Å². The lowest BCUT2D eigenvalue weighted by atomic mass is 10.0. The Morgan fingerprint density at radius 2 is 2.00 bits per heavy atom. The zero-order chi connectivity index (χ0) is 26.7. The van der Waals surface area contributed by atoms with Crippen molar-refractivity contribution < 1.29 is 24.2 Å². The van der Waals surface area contributed by atoms with E-state index in [1.807, 2.05) is 6.92 Å². The zero-order valence-corrected chi connectivity index (χ0v) is 21.5. The minimum Gasteiger partial charge on any atom is -0.508 e. The second-order valence-electron chi connectivity index (χ2n) is 8.62. The summed E-state index contributed by atoms with van der Waals surface area (Å²) in [5, 5.41) is 13.1. The van der Waals surface area contributed by atoms with Gasteiger partial charge in [-0.25, -0.2) is 0 Å². The molecule has 3 amide bonds. The molecule has 37 heavy (non-hydrogen) atoms. The van der Waals surface area contributed by atoms with Gasteiger partial charge in [0.05, 0.1) is 11.8 Å². The van der Waals surface area contributed by atoms with Gasteiger partial charge in [0, 0.05) is 23.9 Å². The predicted molar refractivity (Wildman–Crippen MR) is 141 cm³/mol. The van der Waals surface area contributed by atoms with Gasteiger partial charge >= 0.3 is 0 Å². The van der Waals surface area contributed by atoms with Gasteiger partial charge in [-0.3, -0.25) is 19.3 Å². The standard InChI is InChI=1S/C25H26ClN5O5S/c1-13-4-7-15(11-18(13)26)31(25(35)22-19(27)20(23(28)33)30-37-22)21(14-5-8-16(32)9-6-14)24(34)29-12-17-3-2-10-36-17/h4-9,11,17,21,32H,2-3,10,12,27H2,1H3,(H2,28,33)(H,29,34). The summed E-state index contributed by atoms with van der Waals surface area (Å²) in [6, 6.07) is 9.71. The van der Waals surface area contributed by atoms with Crippen molar-refractivity contribution in [1.82, 2.24) is 9.69 Å². The van der Waals surface area contributed by atoms with Crippen molar-refractivity contribution in [2.24, 2.45) is 5.73 Å². The fourth-order valence-corrected chi connectivity index (χ4v) is 4.96. The molecule has 1 aromatic heterocycles. The third-order valence-electron chi connectivity index (χ3n) is 6.05. The number of halogens is 1. The van der Waals surface area contributed by atoms with Gasteiger partial charge in [-0.2, -0.15) is 4.37 Å². The molecule has 0 spiro atoms. The normalized spacial score (nSPS) is 15.8.